The molecule has 1 rings (SSSR count). The molecule has 0 spiro atoms. The number of halogens is 2. The molecule has 0 amide bonds. The summed E-state index contributed by atoms with van der Waals surface area (Å²) in [6.07, 6.45) is 7.99. The Morgan fingerprint density at radius 1 is 1.11 bits per heavy atom. The molecular weight excluding hydrogens is 368 g/mol. The van der Waals surface area contributed by atoms with Crippen LogP contribution in [0.1, 0.15) is 57.1 Å². The quantitative estimate of drug-likeness (QED) is 0.337. The Balaban J connectivity index is 2.22. The number of alkyl halides is 1. The SMILES string of the molecule is CCCCCCCCOC(CBr)c1cccc(Br)c1. The van der Waals surface area contributed by atoms with Crippen molar-refractivity contribution in [3.05, 3.63) is 34.3 Å². The lowest BCUT2D eigenvalue weighted by Crippen LogP contribution is -2.07. The van der Waals surface area contributed by atoms with Gasteiger partial charge in [-0.25, -0.2) is 0 Å². The molecular formula is C16H24Br2O. The fourth-order valence-corrected chi connectivity index (χ4v) is 3.02. The van der Waals surface area contributed by atoms with Crippen LogP contribution in [0.4, 0.5) is 0 Å². The lowest BCUT2D eigenvalue weighted by atomic mass is 10.1. The molecule has 3 heteroatoms. The van der Waals surface area contributed by atoms with E-state index in [0.717, 1.165) is 16.4 Å². The highest BCUT2D eigenvalue weighted by atomic mass is 79.9. The van der Waals surface area contributed by atoms with E-state index >= 15 is 0 Å². The summed E-state index contributed by atoms with van der Waals surface area (Å²) in [4.78, 5) is 0. The van der Waals surface area contributed by atoms with Crippen molar-refractivity contribution < 1.29 is 4.74 Å². The molecule has 0 aliphatic rings. The van der Waals surface area contributed by atoms with Crippen LogP contribution in [-0.2, 0) is 4.74 Å². The van der Waals surface area contributed by atoms with Crippen LogP contribution in [0.3, 0.4) is 0 Å². The lowest BCUT2D eigenvalue weighted by molar-refractivity contribution is 0.0667. The second-order valence-electron chi connectivity index (χ2n) is 4.84. The van der Waals surface area contributed by atoms with Gasteiger partial charge in [0.15, 0.2) is 0 Å². The molecule has 0 saturated carbocycles. The first kappa shape index (κ1) is 17.2. The maximum absolute atomic E-state index is 5.97. The van der Waals surface area contributed by atoms with Crippen molar-refractivity contribution >= 4 is 31.9 Å². The largest absolute Gasteiger partial charge is 0.373 e. The van der Waals surface area contributed by atoms with Crippen LogP contribution in [0.5, 0.6) is 0 Å². The molecule has 1 aromatic carbocycles. The molecule has 1 unspecified atom stereocenters. The second-order valence-corrected chi connectivity index (χ2v) is 6.40. The summed E-state index contributed by atoms with van der Waals surface area (Å²) in [5.41, 5.74) is 1.23. The highest BCUT2D eigenvalue weighted by molar-refractivity contribution is 9.10. The Morgan fingerprint density at radius 2 is 1.84 bits per heavy atom. The number of hydrogen-bond donors (Lipinski definition) is 0. The highest BCUT2D eigenvalue weighted by Crippen LogP contribution is 2.23. The van der Waals surface area contributed by atoms with Crippen molar-refractivity contribution in [2.24, 2.45) is 0 Å². The van der Waals surface area contributed by atoms with Crippen molar-refractivity contribution in [3.8, 4) is 0 Å². The third-order valence-corrected chi connectivity index (χ3v) is 4.26. The molecule has 1 aromatic rings. The first-order valence-corrected chi connectivity index (χ1v) is 9.12. The van der Waals surface area contributed by atoms with Gasteiger partial charge >= 0.3 is 0 Å². The first-order chi connectivity index (χ1) is 9.27. The Kier molecular flexibility index (Phi) is 9.84. The van der Waals surface area contributed by atoms with Gasteiger partial charge in [-0.1, -0.05) is 83.0 Å². The Morgan fingerprint density at radius 3 is 2.53 bits per heavy atom. The van der Waals surface area contributed by atoms with E-state index in [1.165, 1.54) is 44.1 Å². The van der Waals surface area contributed by atoms with Gasteiger partial charge in [0.1, 0.15) is 0 Å². The molecule has 1 atom stereocenters. The lowest BCUT2D eigenvalue weighted by Gasteiger charge is -2.16. The average molecular weight is 392 g/mol. The van der Waals surface area contributed by atoms with E-state index in [4.69, 9.17) is 4.74 Å². The van der Waals surface area contributed by atoms with Gasteiger partial charge in [-0.3, -0.25) is 0 Å². The van der Waals surface area contributed by atoms with Gasteiger partial charge in [0.2, 0.25) is 0 Å². The highest BCUT2D eigenvalue weighted by Gasteiger charge is 2.10. The first-order valence-electron chi connectivity index (χ1n) is 7.21. The average Bonchev–Trinajstić information content (AvgIpc) is 2.42. The van der Waals surface area contributed by atoms with E-state index in [2.05, 4.69) is 57.0 Å². The molecule has 0 saturated heterocycles. The standard InChI is InChI=1S/C16H24Br2O/c1-2-3-4-5-6-7-11-19-16(13-17)14-9-8-10-15(18)12-14/h8-10,12,16H,2-7,11,13H2,1H3. The predicted molar refractivity (Wildman–Crippen MR) is 90.0 cm³/mol. The molecule has 108 valence electrons. The topological polar surface area (TPSA) is 9.23 Å². The van der Waals surface area contributed by atoms with Gasteiger partial charge in [-0.05, 0) is 24.1 Å². The summed E-state index contributed by atoms with van der Waals surface area (Å²) in [6.45, 7) is 3.11. The van der Waals surface area contributed by atoms with E-state index < -0.39 is 0 Å². The summed E-state index contributed by atoms with van der Waals surface area (Å²) >= 11 is 7.05. The van der Waals surface area contributed by atoms with Crippen LogP contribution in [0, 0.1) is 0 Å². The summed E-state index contributed by atoms with van der Waals surface area (Å²) in [5, 5.41) is 0.847. The summed E-state index contributed by atoms with van der Waals surface area (Å²) in [6, 6.07) is 8.36. The van der Waals surface area contributed by atoms with Crippen LogP contribution in [0.2, 0.25) is 0 Å². The zero-order chi connectivity index (χ0) is 13.9. The van der Waals surface area contributed by atoms with Gasteiger partial charge in [0.05, 0.1) is 6.10 Å². The summed E-state index contributed by atoms with van der Waals surface area (Å²) in [7, 11) is 0. The normalized spacial score (nSPS) is 12.6. The predicted octanol–water partition coefficient (Wildman–Crippen LogP) is 6.26. The van der Waals surface area contributed by atoms with Gasteiger partial charge < -0.3 is 4.74 Å². The van der Waals surface area contributed by atoms with Gasteiger partial charge in [-0.15, -0.1) is 0 Å². The zero-order valence-corrected chi connectivity index (χ0v) is 14.9. The monoisotopic (exact) mass is 390 g/mol. The fraction of sp³-hybridized carbons (Fsp3) is 0.625. The van der Waals surface area contributed by atoms with Crippen molar-refractivity contribution in [1.82, 2.24) is 0 Å². The van der Waals surface area contributed by atoms with Crippen LogP contribution >= 0.6 is 31.9 Å². The molecule has 19 heavy (non-hydrogen) atoms. The van der Waals surface area contributed by atoms with Crippen molar-refractivity contribution in [3.63, 3.8) is 0 Å². The van der Waals surface area contributed by atoms with Gasteiger partial charge in [0, 0.05) is 16.4 Å². The van der Waals surface area contributed by atoms with Crippen LogP contribution in [0.15, 0.2) is 28.7 Å². The van der Waals surface area contributed by atoms with Crippen LogP contribution in [0.25, 0.3) is 0 Å². The molecule has 0 N–H and O–H groups in total. The molecule has 1 nitrogen and oxygen atoms in total. The second kappa shape index (κ2) is 10.9. The maximum Gasteiger partial charge on any atom is 0.0922 e. The maximum atomic E-state index is 5.97. The van der Waals surface area contributed by atoms with E-state index in [0.29, 0.717) is 0 Å². The summed E-state index contributed by atoms with van der Waals surface area (Å²) in [5.74, 6) is 0. The van der Waals surface area contributed by atoms with Crippen molar-refractivity contribution in [1.29, 1.82) is 0 Å². The molecule has 0 radical (unpaired) electrons. The van der Waals surface area contributed by atoms with Gasteiger partial charge in [-0.2, -0.15) is 0 Å². The Hall–Kier alpha value is 0.140. The molecule has 0 aromatic heterocycles. The van der Waals surface area contributed by atoms with Crippen molar-refractivity contribution in [2.75, 3.05) is 11.9 Å². The number of benzene rings is 1. The zero-order valence-electron chi connectivity index (χ0n) is 11.7. The minimum atomic E-state index is 0.160. The molecule has 0 heterocycles. The smallest absolute Gasteiger partial charge is 0.0922 e. The number of unbranched alkanes of at least 4 members (excludes halogenated alkanes) is 5. The Labute approximate surface area is 134 Å². The van der Waals surface area contributed by atoms with Gasteiger partial charge in [0.25, 0.3) is 0 Å². The fourth-order valence-electron chi connectivity index (χ4n) is 2.04. The van der Waals surface area contributed by atoms with E-state index in [1.807, 2.05) is 6.07 Å². The van der Waals surface area contributed by atoms with Crippen LogP contribution in [-0.4, -0.2) is 11.9 Å². The minimum Gasteiger partial charge on any atom is -0.373 e. The third kappa shape index (κ3) is 7.48. The van der Waals surface area contributed by atoms with E-state index in [1.54, 1.807) is 0 Å². The Bertz CT molecular complexity index is 341. The van der Waals surface area contributed by atoms with E-state index in [-0.39, 0.29) is 6.10 Å². The van der Waals surface area contributed by atoms with Crippen molar-refractivity contribution in [2.45, 2.75) is 51.6 Å². The molecule has 0 aliphatic heterocycles. The summed E-state index contributed by atoms with van der Waals surface area (Å²) < 4.78 is 7.08. The number of hydrogen-bond acceptors (Lipinski definition) is 1. The van der Waals surface area contributed by atoms with Crippen LogP contribution < -0.4 is 0 Å². The molecule has 0 fully saturated rings. The number of rotatable bonds is 10. The number of ether oxygens (including phenoxy) is 1. The molecule has 0 aliphatic carbocycles. The van der Waals surface area contributed by atoms with E-state index in [9.17, 15) is 0 Å². The minimum absolute atomic E-state index is 0.160. The third-order valence-electron chi connectivity index (χ3n) is 3.18. The molecule has 0 bridgehead atoms.